The minimum atomic E-state index is -0.216. The summed E-state index contributed by atoms with van der Waals surface area (Å²) in [6, 6.07) is 0. The summed E-state index contributed by atoms with van der Waals surface area (Å²) in [5.74, 6) is 0.552. The second-order valence-corrected chi connectivity index (χ2v) is 5.44. The first-order valence-corrected chi connectivity index (χ1v) is 5.67. The molecule has 0 aliphatic rings. The van der Waals surface area contributed by atoms with E-state index in [1.54, 1.807) is 0 Å². The van der Waals surface area contributed by atoms with Crippen LogP contribution in [0.2, 0.25) is 0 Å². The van der Waals surface area contributed by atoms with E-state index in [1.807, 2.05) is 0 Å². The second kappa shape index (κ2) is 6.41. The van der Waals surface area contributed by atoms with Gasteiger partial charge in [-0.15, -0.1) is 0 Å². The zero-order valence-electron chi connectivity index (χ0n) is 10.1. The Hall–Kier alpha value is -0.0800. The number of hydrogen-bond acceptors (Lipinski definition) is 2. The van der Waals surface area contributed by atoms with Crippen molar-refractivity contribution in [3.8, 4) is 0 Å². The van der Waals surface area contributed by atoms with Crippen molar-refractivity contribution in [2.24, 2.45) is 11.3 Å². The Balaban J connectivity index is 3.66. The quantitative estimate of drug-likeness (QED) is 0.650. The number of unbranched alkanes of at least 4 members (excludes halogenated alkanes) is 1. The van der Waals surface area contributed by atoms with Gasteiger partial charge in [-0.2, -0.15) is 0 Å². The van der Waals surface area contributed by atoms with Gasteiger partial charge in [0.05, 0.1) is 6.10 Å². The Morgan fingerprint density at radius 1 is 1.14 bits per heavy atom. The molecule has 0 aromatic carbocycles. The molecular formula is C12H26O2. The monoisotopic (exact) mass is 202 g/mol. The molecule has 2 heteroatoms. The maximum absolute atomic E-state index is 9.86. The second-order valence-electron chi connectivity index (χ2n) is 5.44. The van der Waals surface area contributed by atoms with E-state index < -0.39 is 0 Å². The summed E-state index contributed by atoms with van der Waals surface area (Å²) in [5.41, 5.74) is -0.00869. The first-order valence-electron chi connectivity index (χ1n) is 5.67. The van der Waals surface area contributed by atoms with E-state index in [4.69, 9.17) is 5.11 Å². The summed E-state index contributed by atoms with van der Waals surface area (Å²) in [4.78, 5) is 0. The average molecular weight is 202 g/mol. The van der Waals surface area contributed by atoms with E-state index >= 15 is 0 Å². The number of aliphatic hydroxyl groups is 2. The third kappa shape index (κ3) is 6.39. The largest absolute Gasteiger partial charge is 0.396 e. The summed E-state index contributed by atoms with van der Waals surface area (Å²) in [5, 5.41) is 18.5. The lowest BCUT2D eigenvalue weighted by atomic mass is 9.83. The van der Waals surface area contributed by atoms with Crippen LogP contribution < -0.4 is 0 Å². The molecule has 0 aromatic heterocycles. The maximum atomic E-state index is 9.86. The maximum Gasteiger partial charge on any atom is 0.0591 e. The van der Waals surface area contributed by atoms with Crippen LogP contribution >= 0.6 is 0 Å². The zero-order chi connectivity index (χ0) is 11.2. The molecule has 0 aliphatic carbocycles. The SMILES string of the molecule is C[C@H](CCCCO)C[C@H](O)C(C)(C)C. The van der Waals surface area contributed by atoms with E-state index in [0.29, 0.717) is 5.92 Å². The number of rotatable bonds is 6. The Bertz CT molecular complexity index is 138. The highest BCUT2D eigenvalue weighted by Gasteiger charge is 2.23. The lowest BCUT2D eigenvalue weighted by molar-refractivity contribution is 0.0417. The van der Waals surface area contributed by atoms with E-state index in [-0.39, 0.29) is 18.1 Å². The van der Waals surface area contributed by atoms with E-state index in [1.165, 1.54) is 0 Å². The van der Waals surface area contributed by atoms with Crippen LogP contribution in [0, 0.1) is 11.3 Å². The van der Waals surface area contributed by atoms with Gasteiger partial charge in [-0.25, -0.2) is 0 Å². The lowest BCUT2D eigenvalue weighted by Gasteiger charge is -2.28. The zero-order valence-corrected chi connectivity index (χ0v) is 10.1. The van der Waals surface area contributed by atoms with Gasteiger partial charge >= 0.3 is 0 Å². The summed E-state index contributed by atoms with van der Waals surface area (Å²) in [6.07, 6.45) is 3.71. The normalized spacial score (nSPS) is 16.7. The molecule has 2 atom stereocenters. The van der Waals surface area contributed by atoms with Crippen molar-refractivity contribution < 1.29 is 10.2 Å². The highest BCUT2D eigenvalue weighted by Crippen LogP contribution is 2.26. The highest BCUT2D eigenvalue weighted by molar-refractivity contribution is 4.74. The molecule has 0 radical (unpaired) electrons. The molecule has 2 nitrogen and oxygen atoms in total. The van der Waals surface area contributed by atoms with Gasteiger partial charge in [-0.1, -0.05) is 40.5 Å². The Morgan fingerprint density at radius 3 is 2.14 bits per heavy atom. The van der Waals surface area contributed by atoms with Gasteiger partial charge in [0.25, 0.3) is 0 Å². The fourth-order valence-electron chi connectivity index (χ4n) is 1.46. The minimum absolute atomic E-state index is 0.00869. The molecule has 0 unspecified atom stereocenters. The van der Waals surface area contributed by atoms with Crippen molar-refractivity contribution in [2.75, 3.05) is 6.61 Å². The third-order valence-electron chi connectivity index (χ3n) is 2.73. The molecule has 0 saturated carbocycles. The topological polar surface area (TPSA) is 40.5 Å². The average Bonchev–Trinajstić information content (AvgIpc) is 2.03. The van der Waals surface area contributed by atoms with Crippen LogP contribution in [0.5, 0.6) is 0 Å². The van der Waals surface area contributed by atoms with Crippen molar-refractivity contribution in [3.63, 3.8) is 0 Å². The summed E-state index contributed by atoms with van der Waals surface area (Å²) >= 11 is 0. The molecule has 0 spiro atoms. The van der Waals surface area contributed by atoms with Gasteiger partial charge < -0.3 is 10.2 Å². The third-order valence-corrected chi connectivity index (χ3v) is 2.73. The van der Waals surface area contributed by atoms with Gasteiger partial charge in [0, 0.05) is 6.61 Å². The van der Waals surface area contributed by atoms with Crippen LogP contribution in [0.15, 0.2) is 0 Å². The van der Waals surface area contributed by atoms with Crippen LogP contribution in [0.4, 0.5) is 0 Å². The van der Waals surface area contributed by atoms with Crippen molar-refractivity contribution >= 4 is 0 Å². The molecule has 0 amide bonds. The van der Waals surface area contributed by atoms with Crippen molar-refractivity contribution in [3.05, 3.63) is 0 Å². The van der Waals surface area contributed by atoms with E-state index in [0.717, 1.165) is 25.7 Å². The molecule has 0 aliphatic heterocycles. The molecule has 14 heavy (non-hydrogen) atoms. The van der Waals surface area contributed by atoms with E-state index in [2.05, 4.69) is 27.7 Å². The Kier molecular flexibility index (Phi) is 6.38. The highest BCUT2D eigenvalue weighted by atomic mass is 16.3. The predicted octanol–water partition coefficient (Wildman–Crippen LogP) is 2.58. The van der Waals surface area contributed by atoms with Crippen molar-refractivity contribution in [2.45, 2.75) is 59.5 Å². The fraction of sp³-hybridized carbons (Fsp3) is 1.00. The van der Waals surface area contributed by atoms with Crippen molar-refractivity contribution in [1.82, 2.24) is 0 Å². The molecule has 0 rings (SSSR count). The summed E-state index contributed by atoms with van der Waals surface area (Å²) < 4.78 is 0. The molecule has 2 N–H and O–H groups in total. The van der Waals surface area contributed by atoms with Gasteiger partial charge in [0.2, 0.25) is 0 Å². The lowest BCUT2D eigenvalue weighted by Crippen LogP contribution is -2.27. The van der Waals surface area contributed by atoms with Crippen LogP contribution in [0.1, 0.15) is 53.4 Å². The Morgan fingerprint density at radius 2 is 1.71 bits per heavy atom. The fourth-order valence-corrected chi connectivity index (χ4v) is 1.46. The number of aliphatic hydroxyl groups excluding tert-OH is 2. The van der Waals surface area contributed by atoms with Crippen LogP contribution in [0.3, 0.4) is 0 Å². The van der Waals surface area contributed by atoms with Crippen LogP contribution in [-0.2, 0) is 0 Å². The van der Waals surface area contributed by atoms with Gasteiger partial charge in [-0.3, -0.25) is 0 Å². The molecule has 0 bridgehead atoms. The van der Waals surface area contributed by atoms with Gasteiger partial charge in [-0.05, 0) is 24.2 Å². The summed E-state index contributed by atoms with van der Waals surface area (Å²) in [7, 11) is 0. The van der Waals surface area contributed by atoms with Crippen LogP contribution in [0.25, 0.3) is 0 Å². The van der Waals surface area contributed by atoms with Gasteiger partial charge in [0.15, 0.2) is 0 Å². The molecule has 0 aromatic rings. The Labute approximate surface area is 88.3 Å². The summed E-state index contributed by atoms with van der Waals surface area (Å²) in [6.45, 7) is 8.66. The molecule has 0 heterocycles. The minimum Gasteiger partial charge on any atom is -0.396 e. The van der Waals surface area contributed by atoms with Gasteiger partial charge in [0.1, 0.15) is 0 Å². The first-order chi connectivity index (χ1) is 6.38. The number of hydrogen-bond donors (Lipinski definition) is 2. The van der Waals surface area contributed by atoms with E-state index in [9.17, 15) is 5.11 Å². The first kappa shape index (κ1) is 13.9. The smallest absolute Gasteiger partial charge is 0.0591 e. The molecular weight excluding hydrogens is 176 g/mol. The standard InChI is InChI=1S/C12H26O2/c1-10(7-5-6-8-13)9-11(14)12(2,3)4/h10-11,13-14H,5-9H2,1-4H3/t10-,11+/m1/s1. The predicted molar refractivity (Wildman–Crippen MR) is 60.2 cm³/mol. The van der Waals surface area contributed by atoms with Crippen LogP contribution in [-0.4, -0.2) is 22.9 Å². The van der Waals surface area contributed by atoms with Crippen molar-refractivity contribution in [1.29, 1.82) is 0 Å². The molecule has 0 saturated heterocycles. The molecule has 86 valence electrons. The molecule has 0 fully saturated rings.